The number of amides is 1. The molecule has 4 heteroatoms. The molecule has 22 heavy (non-hydrogen) atoms. The maximum absolute atomic E-state index is 13.1. The second-order valence-electron chi connectivity index (χ2n) is 7.49. The zero-order valence-electron chi connectivity index (χ0n) is 13.4. The number of nitrogens with one attached hydrogen (secondary N) is 1. The molecule has 118 valence electrons. The summed E-state index contributed by atoms with van der Waals surface area (Å²) in [5.74, 6) is 1.36. The first-order chi connectivity index (χ1) is 10.5. The van der Waals surface area contributed by atoms with E-state index in [4.69, 9.17) is 9.47 Å². The van der Waals surface area contributed by atoms with Crippen molar-refractivity contribution in [3.8, 4) is 5.75 Å². The normalized spacial score (nSPS) is 41.7. The molecule has 0 spiro atoms. The fourth-order valence-electron chi connectivity index (χ4n) is 5.19. The summed E-state index contributed by atoms with van der Waals surface area (Å²) in [4.78, 5) is 13.1. The maximum atomic E-state index is 13.1. The lowest BCUT2D eigenvalue weighted by atomic mass is 9.66. The van der Waals surface area contributed by atoms with Crippen LogP contribution in [-0.2, 0) is 9.53 Å². The third-order valence-corrected chi connectivity index (χ3v) is 6.89. The van der Waals surface area contributed by atoms with Crippen LogP contribution in [0.4, 0.5) is 5.69 Å². The van der Waals surface area contributed by atoms with Crippen LogP contribution in [0.5, 0.6) is 5.75 Å². The van der Waals surface area contributed by atoms with Crippen molar-refractivity contribution >= 4 is 11.6 Å². The molecule has 1 N–H and O–H groups in total. The Labute approximate surface area is 131 Å². The molecule has 3 aliphatic rings. The Hall–Kier alpha value is -1.55. The topological polar surface area (TPSA) is 47.6 Å². The Kier molecular flexibility index (Phi) is 2.72. The maximum Gasteiger partial charge on any atom is 0.257 e. The van der Waals surface area contributed by atoms with Gasteiger partial charge in [0.1, 0.15) is 5.75 Å². The molecule has 4 rings (SSSR count). The SMILES string of the molecule is COc1cccc(NC(=O)C23CC4CCC2(C)C4(C)CO3)c1. The summed E-state index contributed by atoms with van der Waals surface area (Å²) in [6.45, 7) is 5.26. The quantitative estimate of drug-likeness (QED) is 0.932. The molecule has 1 aromatic carbocycles. The monoisotopic (exact) mass is 301 g/mol. The van der Waals surface area contributed by atoms with Crippen LogP contribution in [0.3, 0.4) is 0 Å². The van der Waals surface area contributed by atoms with Crippen LogP contribution in [0.15, 0.2) is 24.3 Å². The van der Waals surface area contributed by atoms with Gasteiger partial charge in [0.2, 0.25) is 0 Å². The van der Waals surface area contributed by atoms with E-state index in [2.05, 4.69) is 19.2 Å². The van der Waals surface area contributed by atoms with E-state index in [1.54, 1.807) is 7.11 Å². The van der Waals surface area contributed by atoms with Gasteiger partial charge in [-0.25, -0.2) is 0 Å². The summed E-state index contributed by atoms with van der Waals surface area (Å²) in [5.41, 5.74) is 0.211. The summed E-state index contributed by atoms with van der Waals surface area (Å²) in [6.07, 6.45) is 3.17. The van der Waals surface area contributed by atoms with Crippen LogP contribution in [-0.4, -0.2) is 25.2 Å². The molecule has 0 radical (unpaired) electrons. The van der Waals surface area contributed by atoms with E-state index >= 15 is 0 Å². The number of benzene rings is 1. The number of anilines is 1. The third kappa shape index (κ3) is 1.44. The van der Waals surface area contributed by atoms with Crippen LogP contribution in [0, 0.1) is 16.7 Å². The predicted octanol–water partition coefficient (Wildman–Crippen LogP) is 3.23. The largest absolute Gasteiger partial charge is 0.497 e. The van der Waals surface area contributed by atoms with Crippen LogP contribution >= 0.6 is 0 Å². The second-order valence-corrected chi connectivity index (χ2v) is 7.49. The molecule has 0 aromatic heterocycles. The van der Waals surface area contributed by atoms with Gasteiger partial charge in [0, 0.05) is 22.6 Å². The van der Waals surface area contributed by atoms with Crippen LogP contribution in [0.2, 0.25) is 0 Å². The first-order valence-corrected chi connectivity index (χ1v) is 8.05. The molecule has 1 aliphatic heterocycles. The lowest BCUT2D eigenvalue weighted by Gasteiger charge is -2.40. The highest BCUT2D eigenvalue weighted by Crippen LogP contribution is 2.75. The molecule has 1 saturated heterocycles. The number of hydrogen-bond acceptors (Lipinski definition) is 3. The van der Waals surface area contributed by atoms with E-state index in [1.165, 1.54) is 6.42 Å². The average molecular weight is 301 g/mol. The van der Waals surface area contributed by atoms with E-state index in [1.807, 2.05) is 24.3 Å². The van der Waals surface area contributed by atoms with Gasteiger partial charge in [-0.1, -0.05) is 19.9 Å². The summed E-state index contributed by atoms with van der Waals surface area (Å²) < 4.78 is 11.4. The van der Waals surface area contributed by atoms with Gasteiger partial charge in [0.15, 0.2) is 5.60 Å². The van der Waals surface area contributed by atoms with E-state index in [9.17, 15) is 4.79 Å². The first-order valence-electron chi connectivity index (χ1n) is 8.05. The van der Waals surface area contributed by atoms with Crippen molar-refractivity contribution in [3.05, 3.63) is 24.3 Å². The van der Waals surface area contributed by atoms with Gasteiger partial charge in [-0.2, -0.15) is 0 Å². The van der Waals surface area contributed by atoms with Crippen LogP contribution in [0.1, 0.15) is 33.1 Å². The molecule has 2 aliphatic carbocycles. The first kappa shape index (κ1) is 14.1. The molecule has 3 fully saturated rings. The van der Waals surface area contributed by atoms with Crippen molar-refractivity contribution in [2.45, 2.75) is 38.7 Å². The Morgan fingerprint density at radius 2 is 2.23 bits per heavy atom. The van der Waals surface area contributed by atoms with E-state index in [0.717, 1.165) is 24.3 Å². The van der Waals surface area contributed by atoms with Crippen molar-refractivity contribution in [1.82, 2.24) is 0 Å². The minimum atomic E-state index is -0.659. The summed E-state index contributed by atoms with van der Waals surface area (Å²) >= 11 is 0. The molecular formula is C18H23NO3. The standard InChI is InChI=1S/C18H23NO3/c1-16-11-22-18(10-12(16)7-8-17(16,18)2)15(20)19-13-5-4-6-14(9-13)21-3/h4-6,9,12H,7-8,10-11H2,1-3H3,(H,19,20). The van der Waals surface area contributed by atoms with E-state index in [0.29, 0.717) is 12.5 Å². The highest BCUT2D eigenvalue weighted by molar-refractivity contribution is 5.99. The van der Waals surface area contributed by atoms with E-state index in [-0.39, 0.29) is 16.7 Å². The van der Waals surface area contributed by atoms with Gasteiger partial charge in [-0.05, 0) is 37.3 Å². The highest BCUT2D eigenvalue weighted by atomic mass is 16.5. The molecule has 4 bridgehead atoms. The lowest BCUT2D eigenvalue weighted by molar-refractivity contribution is -0.149. The molecule has 1 aromatic rings. The Balaban J connectivity index is 1.64. The number of rotatable bonds is 3. The minimum absolute atomic E-state index is 0.00850. The van der Waals surface area contributed by atoms with Crippen molar-refractivity contribution in [1.29, 1.82) is 0 Å². The molecule has 4 atom stereocenters. The second kappa shape index (κ2) is 4.25. The van der Waals surface area contributed by atoms with E-state index < -0.39 is 5.60 Å². The Bertz CT molecular complexity index is 645. The van der Waals surface area contributed by atoms with Gasteiger partial charge in [-0.3, -0.25) is 4.79 Å². The number of carbonyl (C=O) groups is 1. The molecular weight excluding hydrogens is 278 g/mol. The number of ether oxygens (including phenoxy) is 2. The molecule has 1 amide bonds. The zero-order chi connectivity index (χ0) is 15.6. The zero-order valence-corrected chi connectivity index (χ0v) is 13.4. The molecule has 4 unspecified atom stereocenters. The summed E-state index contributed by atoms with van der Waals surface area (Å²) in [7, 11) is 1.63. The van der Waals surface area contributed by atoms with Gasteiger partial charge < -0.3 is 14.8 Å². The minimum Gasteiger partial charge on any atom is -0.497 e. The van der Waals surface area contributed by atoms with Crippen molar-refractivity contribution in [2.24, 2.45) is 16.7 Å². The van der Waals surface area contributed by atoms with Crippen molar-refractivity contribution < 1.29 is 14.3 Å². The van der Waals surface area contributed by atoms with Gasteiger partial charge >= 0.3 is 0 Å². The lowest BCUT2D eigenvalue weighted by Crippen LogP contribution is -2.52. The van der Waals surface area contributed by atoms with Gasteiger partial charge in [-0.15, -0.1) is 0 Å². The summed E-state index contributed by atoms with van der Waals surface area (Å²) in [6, 6.07) is 7.49. The Morgan fingerprint density at radius 1 is 1.41 bits per heavy atom. The smallest absolute Gasteiger partial charge is 0.257 e. The highest BCUT2D eigenvalue weighted by Gasteiger charge is 2.78. The van der Waals surface area contributed by atoms with Gasteiger partial charge in [0.05, 0.1) is 13.7 Å². The van der Waals surface area contributed by atoms with Crippen molar-refractivity contribution in [3.63, 3.8) is 0 Å². The third-order valence-electron chi connectivity index (χ3n) is 6.89. The number of carbonyl (C=O) groups excluding carboxylic acids is 1. The number of hydrogen-bond donors (Lipinski definition) is 1. The van der Waals surface area contributed by atoms with Crippen molar-refractivity contribution in [2.75, 3.05) is 19.0 Å². The Morgan fingerprint density at radius 3 is 2.91 bits per heavy atom. The predicted molar refractivity (Wildman–Crippen MR) is 83.9 cm³/mol. The molecule has 4 nitrogen and oxygen atoms in total. The molecule has 1 heterocycles. The fourth-order valence-corrected chi connectivity index (χ4v) is 5.19. The molecule has 2 saturated carbocycles. The average Bonchev–Trinajstić information content (AvgIpc) is 2.99. The fraction of sp³-hybridized carbons (Fsp3) is 0.611. The summed E-state index contributed by atoms with van der Waals surface area (Å²) in [5, 5.41) is 3.06. The van der Waals surface area contributed by atoms with Crippen LogP contribution < -0.4 is 10.1 Å². The van der Waals surface area contributed by atoms with Gasteiger partial charge in [0.25, 0.3) is 5.91 Å². The van der Waals surface area contributed by atoms with Crippen LogP contribution in [0.25, 0.3) is 0 Å². The number of methoxy groups -OCH3 is 1.